The highest BCUT2D eigenvalue weighted by molar-refractivity contribution is 6.07. The molecule has 0 spiro atoms. The Balaban J connectivity index is 1.73. The van der Waals surface area contributed by atoms with Crippen molar-refractivity contribution in [2.45, 2.75) is 13.3 Å². The lowest BCUT2D eigenvalue weighted by atomic mass is 10.1. The Labute approximate surface area is 175 Å². The molecule has 0 aliphatic heterocycles. The van der Waals surface area contributed by atoms with Gasteiger partial charge in [0, 0.05) is 11.6 Å². The first-order valence-corrected chi connectivity index (χ1v) is 9.25. The molecule has 10 heteroatoms. The fraction of sp³-hybridized carbons (Fsp3) is 0.143. The molecule has 0 fully saturated rings. The zero-order chi connectivity index (χ0) is 22.0. The van der Waals surface area contributed by atoms with Crippen LogP contribution in [-0.4, -0.2) is 43.5 Å². The van der Waals surface area contributed by atoms with E-state index in [1.54, 1.807) is 24.3 Å². The molecule has 9 nitrogen and oxygen atoms in total. The number of aromatic nitrogens is 4. The lowest BCUT2D eigenvalue weighted by Crippen LogP contribution is -2.29. The fourth-order valence-electron chi connectivity index (χ4n) is 2.93. The molecule has 0 atom stereocenters. The molecule has 3 aromatic heterocycles. The summed E-state index contributed by atoms with van der Waals surface area (Å²) in [6.07, 6.45) is 1.70. The highest BCUT2D eigenvalue weighted by Crippen LogP contribution is 2.34. The maximum absolute atomic E-state index is 13.1. The van der Waals surface area contributed by atoms with E-state index in [1.807, 2.05) is 0 Å². The number of hydrogen-bond donors (Lipinski definition) is 2. The molecule has 0 unspecified atom stereocenters. The lowest BCUT2D eigenvalue weighted by Gasteiger charge is -2.09. The number of nitrogens with one attached hydrogen (secondary N) is 1. The van der Waals surface area contributed by atoms with E-state index in [1.165, 1.54) is 25.3 Å². The lowest BCUT2D eigenvalue weighted by molar-refractivity contribution is -0.116. The van der Waals surface area contributed by atoms with Gasteiger partial charge in [-0.3, -0.25) is 14.6 Å². The summed E-state index contributed by atoms with van der Waals surface area (Å²) in [5.74, 6) is -1.41. The van der Waals surface area contributed by atoms with Crippen molar-refractivity contribution in [3.63, 3.8) is 0 Å². The van der Waals surface area contributed by atoms with Gasteiger partial charge in [-0.15, -0.1) is 10.2 Å². The molecule has 0 radical (unpaired) electrons. The van der Waals surface area contributed by atoms with Crippen LogP contribution in [0, 0.1) is 5.82 Å². The third-order valence-corrected chi connectivity index (χ3v) is 4.39. The molecule has 4 rings (SSSR count). The molecule has 0 saturated carbocycles. The van der Waals surface area contributed by atoms with Gasteiger partial charge < -0.3 is 14.8 Å². The van der Waals surface area contributed by atoms with Gasteiger partial charge in [0.05, 0.1) is 13.0 Å². The minimum atomic E-state index is -0.611. The van der Waals surface area contributed by atoms with Crippen LogP contribution < -0.4 is 5.32 Å². The van der Waals surface area contributed by atoms with Gasteiger partial charge >= 0.3 is 0 Å². The quantitative estimate of drug-likeness (QED) is 0.485. The molecule has 1 aromatic carbocycles. The molecular formula is C21H16FN5O4. The van der Waals surface area contributed by atoms with Crippen LogP contribution in [0.2, 0.25) is 0 Å². The number of aromatic hydroxyl groups is 1. The maximum Gasteiger partial charge on any atom is 0.270 e. The van der Waals surface area contributed by atoms with Crippen LogP contribution in [0.1, 0.15) is 28.9 Å². The molecular weight excluding hydrogens is 405 g/mol. The van der Waals surface area contributed by atoms with E-state index in [2.05, 4.69) is 25.5 Å². The number of hydrogen-bond acceptors (Lipinski definition) is 8. The number of halogens is 1. The Morgan fingerprint density at radius 3 is 2.68 bits per heavy atom. The van der Waals surface area contributed by atoms with Crippen molar-refractivity contribution in [2.24, 2.45) is 0 Å². The minimum Gasteiger partial charge on any atom is -0.504 e. The first-order valence-electron chi connectivity index (χ1n) is 9.25. The number of benzene rings is 1. The number of rotatable bonds is 6. The monoisotopic (exact) mass is 421 g/mol. The smallest absolute Gasteiger partial charge is 0.270 e. The summed E-state index contributed by atoms with van der Waals surface area (Å²) >= 11 is 0. The summed E-state index contributed by atoms with van der Waals surface area (Å²) in [5, 5.41) is 21.3. The average molecular weight is 421 g/mol. The van der Waals surface area contributed by atoms with Gasteiger partial charge in [0.25, 0.3) is 11.8 Å². The third kappa shape index (κ3) is 4.22. The second-order valence-electron chi connectivity index (χ2n) is 6.75. The number of amides is 1. The molecule has 0 aliphatic rings. The van der Waals surface area contributed by atoms with Crippen LogP contribution in [0.5, 0.6) is 5.75 Å². The Morgan fingerprint density at radius 2 is 1.94 bits per heavy atom. The van der Waals surface area contributed by atoms with Gasteiger partial charge in [0.2, 0.25) is 5.89 Å². The highest BCUT2D eigenvalue weighted by Gasteiger charge is 2.23. The summed E-state index contributed by atoms with van der Waals surface area (Å²) in [5.41, 5.74) is 0.712. The number of pyridine rings is 2. The van der Waals surface area contributed by atoms with E-state index in [4.69, 9.17) is 4.42 Å². The number of ketones is 1. The SMILES string of the molecule is CC(=O)CNC(=O)c1nc(-c2nnc(Cc3ccc(F)cc3)o2)c(O)c2ncccc12. The molecule has 0 bridgehead atoms. The van der Waals surface area contributed by atoms with Crippen molar-refractivity contribution in [1.29, 1.82) is 0 Å². The van der Waals surface area contributed by atoms with E-state index in [-0.39, 0.29) is 59.0 Å². The minimum absolute atomic E-state index is 0.0459. The van der Waals surface area contributed by atoms with Crippen LogP contribution in [0.3, 0.4) is 0 Å². The largest absolute Gasteiger partial charge is 0.504 e. The van der Waals surface area contributed by atoms with Crippen molar-refractivity contribution >= 4 is 22.6 Å². The van der Waals surface area contributed by atoms with Gasteiger partial charge in [0.1, 0.15) is 22.8 Å². The van der Waals surface area contributed by atoms with Crippen molar-refractivity contribution in [3.8, 4) is 17.3 Å². The second-order valence-corrected chi connectivity index (χ2v) is 6.75. The molecule has 3 heterocycles. The normalized spacial score (nSPS) is 10.9. The predicted octanol–water partition coefficient (Wildman–Crippen LogP) is 2.43. The first kappa shape index (κ1) is 20.1. The van der Waals surface area contributed by atoms with Gasteiger partial charge in [-0.25, -0.2) is 9.37 Å². The van der Waals surface area contributed by atoms with Crippen molar-refractivity contribution < 1.29 is 23.5 Å². The predicted molar refractivity (Wildman–Crippen MR) is 107 cm³/mol. The van der Waals surface area contributed by atoms with E-state index >= 15 is 0 Å². The molecule has 0 saturated heterocycles. The van der Waals surface area contributed by atoms with E-state index in [0.717, 1.165) is 5.56 Å². The van der Waals surface area contributed by atoms with Gasteiger partial charge in [-0.1, -0.05) is 12.1 Å². The number of fused-ring (bicyclic) bond motifs is 1. The van der Waals surface area contributed by atoms with Gasteiger partial charge in [-0.2, -0.15) is 0 Å². The first-order chi connectivity index (χ1) is 14.9. The van der Waals surface area contributed by atoms with Crippen LogP contribution in [0.4, 0.5) is 4.39 Å². The van der Waals surface area contributed by atoms with E-state index in [0.29, 0.717) is 5.39 Å². The zero-order valence-corrected chi connectivity index (χ0v) is 16.3. The van der Waals surface area contributed by atoms with Crippen LogP contribution >= 0.6 is 0 Å². The Bertz CT molecular complexity index is 1290. The molecule has 0 aliphatic carbocycles. The van der Waals surface area contributed by atoms with Crippen LogP contribution in [0.25, 0.3) is 22.5 Å². The second kappa shape index (κ2) is 8.27. The molecule has 4 aromatic rings. The van der Waals surface area contributed by atoms with Crippen LogP contribution in [-0.2, 0) is 11.2 Å². The zero-order valence-electron chi connectivity index (χ0n) is 16.3. The molecule has 31 heavy (non-hydrogen) atoms. The number of nitrogens with zero attached hydrogens (tertiary/aromatic N) is 4. The van der Waals surface area contributed by atoms with E-state index in [9.17, 15) is 19.1 Å². The third-order valence-electron chi connectivity index (χ3n) is 4.39. The molecule has 1 amide bonds. The Hall–Kier alpha value is -4.21. The number of carbonyl (C=O) groups excluding carboxylic acids is 2. The number of carbonyl (C=O) groups is 2. The van der Waals surface area contributed by atoms with Crippen LogP contribution in [0.15, 0.2) is 47.0 Å². The summed E-state index contributed by atoms with van der Waals surface area (Å²) in [6, 6.07) is 8.99. The van der Waals surface area contributed by atoms with Crippen molar-refractivity contribution in [1.82, 2.24) is 25.5 Å². The standard InChI is InChI=1S/C21H16FN5O4/c1-11(28)10-24-20(30)17-14-3-2-8-23-16(14)19(29)18(25-17)21-27-26-15(31-21)9-12-4-6-13(22)7-5-12/h2-8,29H,9-10H2,1H3,(H,24,30). The van der Waals surface area contributed by atoms with E-state index < -0.39 is 5.91 Å². The summed E-state index contributed by atoms with van der Waals surface area (Å²) < 4.78 is 18.7. The summed E-state index contributed by atoms with van der Waals surface area (Å²) in [4.78, 5) is 32.2. The fourth-order valence-corrected chi connectivity index (χ4v) is 2.93. The molecule has 2 N–H and O–H groups in total. The van der Waals surface area contributed by atoms with Crippen molar-refractivity contribution in [2.75, 3.05) is 6.54 Å². The van der Waals surface area contributed by atoms with Gasteiger partial charge in [0.15, 0.2) is 11.4 Å². The average Bonchev–Trinajstić information content (AvgIpc) is 3.22. The van der Waals surface area contributed by atoms with Gasteiger partial charge in [-0.05, 0) is 36.8 Å². The number of Topliss-reactive ketones (excluding diaryl/α,β-unsaturated/α-hetero) is 1. The topological polar surface area (TPSA) is 131 Å². The Kier molecular flexibility index (Phi) is 5.35. The maximum atomic E-state index is 13.1. The molecule has 156 valence electrons. The highest BCUT2D eigenvalue weighted by atomic mass is 19.1. The van der Waals surface area contributed by atoms with Crippen molar-refractivity contribution in [3.05, 3.63) is 65.6 Å². The summed E-state index contributed by atoms with van der Waals surface area (Å²) in [6.45, 7) is 1.18. The Morgan fingerprint density at radius 1 is 1.16 bits per heavy atom. The summed E-state index contributed by atoms with van der Waals surface area (Å²) in [7, 11) is 0.